The van der Waals surface area contributed by atoms with Gasteiger partial charge in [0, 0.05) is 6.54 Å². The highest BCUT2D eigenvalue weighted by atomic mass is 32.2. The van der Waals surface area contributed by atoms with Gasteiger partial charge in [0.1, 0.15) is 27.7 Å². The third kappa shape index (κ3) is 6.24. The van der Waals surface area contributed by atoms with Crippen LogP contribution in [-0.2, 0) is 30.9 Å². The van der Waals surface area contributed by atoms with Crippen LogP contribution in [0.5, 0.6) is 5.75 Å². The number of nitrogens with zero attached hydrogens (tertiary/aromatic N) is 2. The number of fused-ring (bicyclic) bond motifs is 1. The number of benzene rings is 2. The van der Waals surface area contributed by atoms with Crippen molar-refractivity contribution in [2.75, 3.05) is 13.7 Å². The summed E-state index contributed by atoms with van der Waals surface area (Å²) in [5.41, 5.74) is 1.51. The van der Waals surface area contributed by atoms with Crippen LogP contribution in [0, 0.1) is 5.92 Å². The van der Waals surface area contributed by atoms with Gasteiger partial charge in [0.05, 0.1) is 18.8 Å². The zero-order chi connectivity index (χ0) is 24.0. The van der Waals surface area contributed by atoms with Crippen LogP contribution in [0.3, 0.4) is 0 Å². The van der Waals surface area contributed by atoms with Crippen molar-refractivity contribution in [2.45, 2.75) is 31.3 Å². The van der Waals surface area contributed by atoms with Gasteiger partial charge in [-0.3, -0.25) is 9.59 Å². The van der Waals surface area contributed by atoms with Crippen LogP contribution in [0.4, 0.5) is 0 Å². The van der Waals surface area contributed by atoms with Gasteiger partial charge in [0.2, 0.25) is 10.0 Å². The average Bonchev–Trinajstić information content (AvgIpc) is 3.28. The van der Waals surface area contributed by atoms with Crippen LogP contribution in [0.15, 0.2) is 47.4 Å². The molecule has 1 atom stereocenters. The fourth-order valence-corrected chi connectivity index (χ4v) is 5.01. The number of sulfonamides is 1. The lowest BCUT2D eigenvalue weighted by Crippen LogP contribution is -2.46. The summed E-state index contributed by atoms with van der Waals surface area (Å²) in [7, 11) is -2.53. The van der Waals surface area contributed by atoms with Crippen molar-refractivity contribution >= 4 is 44.7 Å². The molecule has 0 fully saturated rings. The standard InChI is InChI=1S/C21H24N4O6S2/c1-13(2)19(25-33(28,29)17-6-4-5-16-20(17)24-32-23-16)21(27)31-12-18(26)22-11-14-7-9-15(30-3)10-8-14/h4-10,13,19,25H,11-12H2,1-3H3,(H,22,26)/t19-/m1/s1. The van der Waals surface area contributed by atoms with Crippen molar-refractivity contribution < 1.29 is 27.5 Å². The summed E-state index contributed by atoms with van der Waals surface area (Å²) >= 11 is 0.896. The topological polar surface area (TPSA) is 137 Å². The maximum Gasteiger partial charge on any atom is 0.324 e. The van der Waals surface area contributed by atoms with E-state index < -0.39 is 40.5 Å². The molecule has 0 saturated carbocycles. The van der Waals surface area contributed by atoms with Gasteiger partial charge >= 0.3 is 5.97 Å². The third-order valence-corrected chi connectivity index (χ3v) is 6.75. The zero-order valence-electron chi connectivity index (χ0n) is 18.3. The first-order chi connectivity index (χ1) is 15.7. The number of rotatable bonds is 10. The number of carbonyl (C=O) groups is 2. The van der Waals surface area contributed by atoms with Crippen LogP contribution >= 0.6 is 11.7 Å². The largest absolute Gasteiger partial charge is 0.497 e. The van der Waals surface area contributed by atoms with Crippen molar-refractivity contribution in [3.8, 4) is 5.75 Å². The molecule has 1 heterocycles. The van der Waals surface area contributed by atoms with Crippen LogP contribution in [0.25, 0.3) is 11.0 Å². The molecular weight excluding hydrogens is 468 g/mol. The molecule has 176 valence electrons. The van der Waals surface area contributed by atoms with E-state index >= 15 is 0 Å². The molecule has 3 aromatic rings. The van der Waals surface area contributed by atoms with Gasteiger partial charge < -0.3 is 14.8 Å². The summed E-state index contributed by atoms with van der Waals surface area (Å²) in [5, 5.41) is 2.64. The molecule has 10 nitrogen and oxygen atoms in total. The first-order valence-corrected chi connectivity index (χ1v) is 12.2. The first kappa shape index (κ1) is 24.6. The van der Waals surface area contributed by atoms with Crippen molar-refractivity contribution in [3.05, 3.63) is 48.0 Å². The Morgan fingerprint density at radius 1 is 1.09 bits per heavy atom. The number of hydrogen-bond acceptors (Lipinski definition) is 9. The number of hydrogen-bond donors (Lipinski definition) is 2. The molecule has 0 aliphatic carbocycles. The molecule has 0 saturated heterocycles. The van der Waals surface area contributed by atoms with E-state index in [1.165, 1.54) is 6.07 Å². The fourth-order valence-electron chi connectivity index (χ4n) is 2.91. The first-order valence-electron chi connectivity index (χ1n) is 10.0. The molecule has 1 amide bonds. The minimum Gasteiger partial charge on any atom is -0.497 e. The van der Waals surface area contributed by atoms with E-state index in [-0.39, 0.29) is 17.0 Å². The molecule has 0 bridgehead atoms. The maximum absolute atomic E-state index is 12.9. The van der Waals surface area contributed by atoms with Gasteiger partial charge in [0.15, 0.2) is 6.61 Å². The molecular formula is C21H24N4O6S2. The molecule has 2 N–H and O–H groups in total. The fraction of sp³-hybridized carbons (Fsp3) is 0.333. The molecule has 1 aromatic heterocycles. The van der Waals surface area contributed by atoms with Crippen molar-refractivity contribution in [1.82, 2.24) is 18.8 Å². The Bertz CT molecular complexity index is 1230. The van der Waals surface area contributed by atoms with Crippen LogP contribution < -0.4 is 14.8 Å². The molecule has 33 heavy (non-hydrogen) atoms. The Kier molecular flexibility index (Phi) is 7.95. The summed E-state index contributed by atoms with van der Waals surface area (Å²) in [4.78, 5) is 24.6. The second-order valence-corrected chi connectivity index (χ2v) is 9.67. The average molecular weight is 493 g/mol. The summed E-state index contributed by atoms with van der Waals surface area (Å²) < 4.78 is 46.5. The summed E-state index contributed by atoms with van der Waals surface area (Å²) in [6.07, 6.45) is 0. The molecule has 0 radical (unpaired) electrons. The molecule has 2 aromatic carbocycles. The number of nitrogens with one attached hydrogen (secondary N) is 2. The molecule has 0 aliphatic rings. The second-order valence-electron chi connectivity index (χ2n) is 7.46. The molecule has 0 unspecified atom stereocenters. The highest BCUT2D eigenvalue weighted by Gasteiger charge is 2.31. The van der Waals surface area contributed by atoms with E-state index in [0.29, 0.717) is 11.3 Å². The smallest absolute Gasteiger partial charge is 0.324 e. The Morgan fingerprint density at radius 2 is 1.82 bits per heavy atom. The van der Waals surface area contributed by atoms with Crippen molar-refractivity contribution in [3.63, 3.8) is 0 Å². The van der Waals surface area contributed by atoms with E-state index in [4.69, 9.17) is 9.47 Å². The van der Waals surface area contributed by atoms with Gasteiger partial charge in [0.25, 0.3) is 5.91 Å². The Morgan fingerprint density at radius 3 is 2.48 bits per heavy atom. The van der Waals surface area contributed by atoms with E-state index in [1.54, 1.807) is 57.4 Å². The number of ether oxygens (including phenoxy) is 2. The van der Waals surface area contributed by atoms with Gasteiger partial charge in [-0.05, 0) is 35.7 Å². The van der Waals surface area contributed by atoms with Crippen molar-refractivity contribution in [1.29, 1.82) is 0 Å². The van der Waals surface area contributed by atoms with Gasteiger partial charge in [-0.15, -0.1) is 0 Å². The number of methoxy groups -OCH3 is 1. The molecule has 12 heteroatoms. The zero-order valence-corrected chi connectivity index (χ0v) is 19.9. The lowest BCUT2D eigenvalue weighted by molar-refractivity contribution is -0.151. The third-order valence-electron chi connectivity index (χ3n) is 4.74. The van der Waals surface area contributed by atoms with Crippen LogP contribution in [0.1, 0.15) is 19.4 Å². The monoisotopic (exact) mass is 492 g/mol. The van der Waals surface area contributed by atoms with E-state index in [2.05, 4.69) is 18.8 Å². The quantitative estimate of drug-likeness (QED) is 0.409. The van der Waals surface area contributed by atoms with Crippen LogP contribution in [0.2, 0.25) is 0 Å². The summed E-state index contributed by atoms with van der Waals surface area (Å²) in [6, 6.07) is 10.5. The highest BCUT2D eigenvalue weighted by molar-refractivity contribution is 7.89. The van der Waals surface area contributed by atoms with Crippen LogP contribution in [-0.4, -0.2) is 48.8 Å². The number of aromatic nitrogens is 2. The van der Waals surface area contributed by atoms with E-state index in [0.717, 1.165) is 17.3 Å². The number of esters is 1. The summed E-state index contributed by atoms with van der Waals surface area (Å²) in [5.74, 6) is -1.09. The predicted molar refractivity (Wildman–Crippen MR) is 122 cm³/mol. The molecule has 3 rings (SSSR count). The molecule has 0 spiro atoms. The number of amides is 1. The van der Waals surface area contributed by atoms with E-state index in [1.807, 2.05) is 0 Å². The minimum atomic E-state index is -4.09. The lowest BCUT2D eigenvalue weighted by atomic mass is 10.1. The van der Waals surface area contributed by atoms with E-state index in [9.17, 15) is 18.0 Å². The normalized spacial score (nSPS) is 12.5. The Labute approximate surface area is 195 Å². The maximum atomic E-state index is 12.9. The van der Waals surface area contributed by atoms with Gasteiger partial charge in [-0.25, -0.2) is 8.42 Å². The van der Waals surface area contributed by atoms with Gasteiger partial charge in [-0.2, -0.15) is 13.5 Å². The Hall–Kier alpha value is -3.09. The minimum absolute atomic E-state index is 0.0792. The van der Waals surface area contributed by atoms with Crippen molar-refractivity contribution in [2.24, 2.45) is 5.92 Å². The lowest BCUT2D eigenvalue weighted by Gasteiger charge is -2.20. The summed E-state index contributed by atoms with van der Waals surface area (Å²) in [6.45, 7) is 3.05. The highest BCUT2D eigenvalue weighted by Crippen LogP contribution is 2.22. The number of carbonyl (C=O) groups excluding carboxylic acids is 2. The Balaban J connectivity index is 1.59. The van der Waals surface area contributed by atoms with Gasteiger partial charge in [-0.1, -0.05) is 32.0 Å². The SMILES string of the molecule is COc1ccc(CNC(=O)COC(=O)[C@H](NS(=O)(=O)c2cccc3nsnc23)C(C)C)cc1. The second kappa shape index (κ2) is 10.7. The predicted octanol–water partition coefficient (Wildman–Crippen LogP) is 1.86. The molecule has 0 aliphatic heterocycles.